The fraction of sp³-hybridized carbons (Fsp3) is 0.600. The van der Waals surface area contributed by atoms with Gasteiger partial charge in [-0.3, -0.25) is 4.79 Å². The van der Waals surface area contributed by atoms with Crippen molar-refractivity contribution in [3.8, 4) is 0 Å². The molecule has 1 aliphatic carbocycles. The lowest BCUT2D eigenvalue weighted by molar-refractivity contribution is 0.476. The van der Waals surface area contributed by atoms with Crippen molar-refractivity contribution < 1.29 is 4.42 Å². The third kappa shape index (κ3) is 1.41. The van der Waals surface area contributed by atoms with Crippen molar-refractivity contribution in [2.24, 2.45) is 0 Å². The Bertz CT molecular complexity index is 398. The molecule has 1 aromatic rings. The second-order valence-electron chi connectivity index (χ2n) is 3.57. The summed E-state index contributed by atoms with van der Waals surface area (Å²) in [6.45, 7) is 2.78. The Kier molecular flexibility index (Phi) is 2.27. The summed E-state index contributed by atoms with van der Waals surface area (Å²) >= 11 is 0. The van der Waals surface area contributed by atoms with Gasteiger partial charge in [-0.15, -0.1) is 0 Å². The number of nitrogens with zero attached hydrogens (tertiary/aromatic N) is 2. The number of fused-ring (bicyclic) bond motifs is 1. The highest BCUT2D eigenvalue weighted by molar-refractivity contribution is 5.29. The zero-order valence-corrected chi connectivity index (χ0v) is 8.54. The summed E-state index contributed by atoms with van der Waals surface area (Å²) in [5, 5.41) is 0. The van der Waals surface area contributed by atoms with Crippen LogP contribution in [0.2, 0.25) is 0 Å². The summed E-state index contributed by atoms with van der Waals surface area (Å²) in [5.41, 5.74) is 0.664. The van der Waals surface area contributed by atoms with Crippen LogP contribution in [0.15, 0.2) is 9.21 Å². The van der Waals surface area contributed by atoms with E-state index < -0.39 is 0 Å². The summed E-state index contributed by atoms with van der Waals surface area (Å²) in [6, 6.07) is 0.443. The number of hydrogen-bond acceptors (Lipinski definition) is 4. The Hall–Kier alpha value is -1.32. The van der Waals surface area contributed by atoms with Gasteiger partial charge in [-0.1, -0.05) is 0 Å². The van der Waals surface area contributed by atoms with Gasteiger partial charge in [-0.2, -0.15) is 4.98 Å². The summed E-state index contributed by atoms with van der Waals surface area (Å²) in [6.07, 6.45) is 2.70. The first-order valence-electron chi connectivity index (χ1n) is 4.96. The van der Waals surface area contributed by atoms with Gasteiger partial charge >= 0.3 is 6.01 Å². The molecule has 0 unspecified atom stereocenters. The highest BCUT2D eigenvalue weighted by atomic mass is 16.4. The highest BCUT2D eigenvalue weighted by Gasteiger charge is 2.19. The zero-order chi connectivity index (χ0) is 10.1. The number of rotatable bonds is 2. The lowest BCUT2D eigenvalue weighted by Gasteiger charge is -2.13. The lowest BCUT2D eigenvalue weighted by Crippen LogP contribution is -2.22. The molecule has 1 aromatic heterocycles. The van der Waals surface area contributed by atoms with Crippen molar-refractivity contribution in [1.29, 1.82) is 0 Å². The van der Waals surface area contributed by atoms with Crippen LogP contribution in [-0.4, -0.2) is 18.6 Å². The van der Waals surface area contributed by atoms with Crippen molar-refractivity contribution in [2.45, 2.75) is 26.2 Å². The molecule has 0 radical (unpaired) electrons. The fourth-order valence-corrected chi connectivity index (χ4v) is 1.64. The first-order valence-corrected chi connectivity index (χ1v) is 4.96. The van der Waals surface area contributed by atoms with Crippen molar-refractivity contribution in [1.82, 2.24) is 4.98 Å². The molecule has 0 spiro atoms. The van der Waals surface area contributed by atoms with Gasteiger partial charge in [0.05, 0.1) is 5.56 Å². The minimum Gasteiger partial charge on any atom is -0.430 e. The molecule has 0 saturated carbocycles. The molecule has 76 valence electrons. The average molecular weight is 194 g/mol. The molecule has 2 rings (SSSR count). The van der Waals surface area contributed by atoms with Crippen LogP contribution in [0.5, 0.6) is 0 Å². The molecule has 1 aliphatic rings. The number of aryl methyl sites for hydroxylation is 1. The van der Waals surface area contributed by atoms with Crippen LogP contribution in [0.4, 0.5) is 6.01 Å². The maximum absolute atomic E-state index is 11.6. The normalized spacial score (nSPS) is 14.1. The third-order valence-electron chi connectivity index (χ3n) is 2.64. The predicted octanol–water partition coefficient (Wildman–Crippen LogP) is 0.980. The van der Waals surface area contributed by atoms with E-state index in [4.69, 9.17) is 4.42 Å². The minimum atomic E-state index is -0.112. The van der Waals surface area contributed by atoms with Gasteiger partial charge in [0.1, 0.15) is 5.76 Å². The molecule has 14 heavy (non-hydrogen) atoms. The smallest absolute Gasteiger partial charge is 0.300 e. The van der Waals surface area contributed by atoms with Gasteiger partial charge in [-0.05, 0) is 19.8 Å². The fourth-order valence-electron chi connectivity index (χ4n) is 1.64. The van der Waals surface area contributed by atoms with Crippen molar-refractivity contribution >= 4 is 6.01 Å². The largest absolute Gasteiger partial charge is 0.430 e. The number of anilines is 1. The van der Waals surface area contributed by atoms with E-state index in [1.165, 1.54) is 0 Å². The van der Waals surface area contributed by atoms with Crippen molar-refractivity contribution in [3.05, 3.63) is 21.7 Å². The Labute approximate surface area is 82.6 Å². The third-order valence-corrected chi connectivity index (χ3v) is 2.64. The quantitative estimate of drug-likeness (QED) is 0.704. The van der Waals surface area contributed by atoms with Gasteiger partial charge in [0.25, 0.3) is 5.56 Å². The molecule has 0 N–H and O–H groups in total. The standard InChI is InChI=1S/C10H14N2O2/c1-3-12(2)10-11-9(13)7-5-4-6-8(7)14-10/h3-6H2,1-2H3. The van der Waals surface area contributed by atoms with Gasteiger partial charge in [0, 0.05) is 20.0 Å². The maximum Gasteiger partial charge on any atom is 0.300 e. The summed E-state index contributed by atoms with van der Waals surface area (Å²) < 4.78 is 5.57. The monoisotopic (exact) mass is 194 g/mol. The number of aromatic nitrogens is 1. The summed E-state index contributed by atoms with van der Waals surface area (Å²) in [7, 11) is 1.87. The molecule has 4 nitrogen and oxygen atoms in total. The van der Waals surface area contributed by atoms with Crippen LogP contribution in [-0.2, 0) is 12.8 Å². The van der Waals surface area contributed by atoms with E-state index >= 15 is 0 Å². The average Bonchev–Trinajstić information content (AvgIpc) is 2.64. The van der Waals surface area contributed by atoms with E-state index in [9.17, 15) is 4.79 Å². The van der Waals surface area contributed by atoms with E-state index in [1.54, 1.807) is 0 Å². The SMILES string of the molecule is CCN(C)c1nc(=O)c2c(o1)CCC2. The topological polar surface area (TPSA) is 46.3 Å². The molecule has 0 aliphatic heterocycles. The van der Waals surface area contributed by atoms with Gasteiger partial charge in [0.2, 0.25) is 0 Å². The first kappa shape index (κ1) is 9.24. The van der Waals surface area contributed by atoms with Gasteiger partial charge in [0.15, 0.2) is 0 Å². The Morgan fingerprint density at radius 1 is 1.50 bits per heavy atom. The molecular weight excluding hydrogens is 180 g/mol. The lowest BCUT2D eigenvalue weighted by atomic mass is 10.3. The molecule has 0 bridgehead atoms. The minimum absolute atomic E-state index is 0.112. The van der Waals surface area contributed by atoms with Gasteiger partial charge < -0.3 is 9.32 Å². The van der Waals surface area contributed by atoms with E-state index in [0.717, 1.165) is 37.1 Å². The van der Waals surface area contributed by atoms with Crippen LogP contribution in [0.1, 0.15) is 24.7 Å². The first-order chi connectivity index (χ1) is 6.72. The molecule has 0 fully saturated rings. The van der Waals surface area contributed by atoms with Crippen molar-refractivity contribution in [3.63, 3.8) is 0 Å². The summed E-state index contributed by atoms with van der Waals surface area (Å²) in [4.78, 5) is 17.3. The predicted molar refractivity (Wildman–Crippen MR) is 53.7 cm³/mol. The molecule has 0 amide bonds. The molecule has 0 aromatic carbocycles. The maximum atomic E-state index is 11.6. The van der Waals surface area contributed by atoms with E-state index in [1.807, 2.05) is 18.9 Å². The Morgan fingerprint density at radius 3 is 3.00 bits per heavy atom. The molecular formula is C10H14N2O2. The van der Waals surface area contributed by atoms with Crippen molar-refractivity contribution in [2.75, 3.05) is 18.5 Å². The second-order valence-corrected chi connectivity index (χ2v) is 3.57. The molecule has 0 atom stereocenters. The number of hydrogen-bond donors (Lipinski definition) is 0. The Morgan fingerprint density at radius 2 is 2.29 bits per heavy atom. The van der Waals surface area contributed by atoms with Crippen LogP contribution in [0.3, 0.4) is 0 Å². The van der Waals surface area contributed by atoms with Crippen LogP contribution in [0, 0.1) is 0 Å². The molecule has 1 heterocycles. The second kappa shape index (κ2) is 3.44. The van der Waals surface area contributed by atoms with Crippen LogP contribution < -0.4 is 10.5 Å². The molecule has 4 heteroatoms. The van der Waals surface area contributed by atoms with E-state index in [0.29, 0.717) is 6.01 Å². The van der Waals surface area contributed by atoms with E-state index in [-0.39, 0.29) is 5.56 Å². The van der Waals surface area contributed by atoms with Crippen LogP contribution >= 0.6 is 0 Å². The zero-order valence-electron chi connectivity index (χ0n) is 8.54. The Balaban J connectivity index is 2.47. The van der Waals surface area contributed by atoms with E-state index in [2.05, 4.69) is 4.98 Å². The van der Waals surface area contributed by atoms with Gasteiger partial charge in [-0.25, -0.2) is 0 Å². The van der Waals surface area contributed by atoms with Crippen LogP contribution in [0.25, 0.3) is 0 Å². The molecule has 0 saturated heterocycles. The highest BCUT2D eigenvalue weighted by Crippen LogP contribution is 2.21. The summed E-state index contributed by atoms with van der Waals surface area (Å²) in [5.74, 6) is 0.834.